The Kier molecular flexibility index (Phi) is 4.38. The lowest BCUT2D eigenvalue weighted by Gasteiger charge is -2.20. The molecule has 0 aliphatic carbocycles. The molecule has 0 atom stereocenters. The van der Waals surface area contributed by atoms with Crippen LogP contribution in [0.1, 0.15) is 27.0 Å². The van der Waals surface area contributed by atoms with Crippen LogP contribution >= 0.6 is 12.2 Å². The molecule has 2 N–H and O–H groups in total. The lowest BCUT2D eigenvalue weighted by atomic mass is 10.1. The third-order valence-corrected chi connectivity index (χ3v) is 3.65. The molecule has 0 aliphatic rings. The highest BCUT2D eigenvalue weighted by molar-refractivity contribution is 7.80. The Labute approximate surface area is 130 Å². The summed E-state index contributed by atoms with van der Waals surface area (Å²) in [5.41, 5.74) is 10.0. The van der Waals surface area contributed by atoms with Gasteiger partial charge in [-0.2, -0.15) is 0 Å². The van der Waals surface area contributed by atoms with E-state index in [0.717, 1.165) is 11.3 Å². The van der Waals surface area contributed by atoms with Crippen molar-refractivity contribution in [1.82, 2.24) is 0 Å². The van der Waals surface area contributed by atoms with Crippen molar-refractivity contribution in [1.29, 1.82) is 0 Å². The molecule has 21 heavy (non-hydrogen) atoms. The highest BCUT2D eigenvalue weighted by atomic mass is 32.1. The Hall–Kier alpha value is -2.20. The maximum absolute atomic E-state index is 12.6. The quantitative estimate of drug-likeness (QED) is 0.885. The number of hydrogen-bond acceptors (Lipinski definition) is 2. The summed E-state index contributed by atoms with van der Waals surface area (Å²) >= 11 is 4.96. The first-order valence-corrected chi connectivity index (χ1v) is 7.06. The van der Waals surface area contributed by atoms with E-state index in [1.807, 2.05) is 26.0 Å². The minimum atomic E-state index is -0.0833. The van der Waals surface area contributed by atoms with Gasteiger partial charge in [0, 0.05) is 23.9 Å². The van der Waals surface area contributed by atoms with Crippen LogP contribution in [0.2, 0.25) is 0 Å². The number of amides is 1. The molecule has 0 bridgehead atoms. The monoisotopic (exact) mass is 298 g/mol. The highest BCUT2D eigenvalue weighted by Gasteiger charge is 2.15. The molecule has 2 aromatic rings. The van der Waals surface area contributed by atoms with Gasteiger partial charge >= 0.3 is 0 Å². The summed E-state index contributed by atoms with van der Waals surface area (Å²) in [5.74, 6) is -0.0833. The molecule has 0 aromatic heterocycles. The van der Waals surface area contributed by atoms with Gasteiger partial charge in [-0.1, -0.05) is 42.0 Å². The number of aryl methyl sites for hydroxylation is 2. The first-order valence-electron chi connectivity index (χ1n) is 6.65. The molecule has 0 heterocycles. The van der Waals surface area contributed by atoms with E-state index in [1.54, 1.807) is 36.2 Å². The van der Waals surface area contributed by atoms with Gasteiger partial charge < -0.3 is 10.6 Å². The third kappa shape index (κ3) is 3.28. The Bertz CT molecular complexity index is 710. The lowest BCUT2D eigenvalue weighted by molar-refractivity contribution is 0.0993. The molecule has 0 spiro atoms. The van der Waals surface area contributed by atoms with E-state index in [-0.39, 0.29) is 5.91 Å². The van der Waals surface area contributed by atoms with Crippen LogP contribution in [0.15, 0.2) is 42.5 Å². The van der Waals surface area contributed by atoms with Crippen LogP contribution in [0.3, 0.4) is 0 Å². The molecule has 3 nitrogen and oxygen atoms in total. The van der Waals surface area contributed by atoms with Gasteiger partial charge in [0.2, 0.25) is 0 Å². The Morgan fingerprint density at radius 2 is 1.76 bits per heavy atom. The molecule has 2 rings (SSSR count). The number of hydrogen-bond donors (Lipinski definition) is 1. The zero-order valence-corrected chi connectivity index (χ0v) is 13.2. The number of carbonyl (C=O) groups excluding carboxylic acids is 1. The van der Waals surface area contributed by atoms with Crippen molar-refractivity contribution >= 4 is 28.8 Å². The summed E-state index contributed by atoms with van der Waals surface area (Å²) in [4.78, 5) is 14.5. The fourth-order valence-corrected chi connectivity index (χ4v) is 2.42. The van der Waals surface area contributed by atoms with Gasteiger partial charge in [0.15, 0.2) is 0 Å². The number of carbonyl (C=O) groups is 1. The molecule has 2 aromatic carbocycles. The topological polar surface area (TPSA) is 46.3 Å². The van der Waals surface area contributed by atoms with Gasteiger partial charge in [-0.15, -0.1) is 0 Å². The molecule has 0 aliphatic heterocycles. The SMILES string of the molecule is Cc1ccc(N(C)C(=O)c2cccc(C(N)=S)c2)c(C)c1. The molecule has 0 saturated carbocycles. The average molecular weight is 298 g/mol. The number of benzene rings is 2. The van der Waals surface area contributed by atoms with Crippen molar-refractivity contribution in [3.63, 3.8) is 0 Å². The molecule has 0 fully saturated rings. The summed E-state index contributed by atoms with van der Waals surface area (Å²) in [7, 11) is 1.77. The van der Waals surface area contributed by atoms with Gasteiger partial charge in [-0.3, -0.25) is 4.79 Å². The van der Waals surface area contributed by atoms with E-state index in [1.165, 1.54) is 5.56 Å². The fraction of sp³-hybridized carbons (Fsp3) is 0.176. The second kappa shape index (κ2) is 6.06. The van der Waals surface area contributed by atoms with Gasteiger partial charge in [-0.25, -0.2) is 0 Å². The number of thiocarbonyl (C=S) groups is 1. The molecule has 0 saturated heterocycles. The highest BCUT2D eigenvalue weighted by Crippen LogP contribution is 2.22. The molecule has 4 heteroatoms. The Morgan fingerprint density at radius 1 is 1.10 bits per heavy atom. The summed E-state index contributed by atoms with van der Waals surface area (Å²) in [6, 6.07) is 13.1. The predicted octanol–water partition coefficient (Wildman–Crippen LogP) is 3.21. The maximum Gasteiger partial charge on any atom is 0.258 e. The summed E-state index contributed by atoms with van der Waals surface area (Å²) < 4.78 is 0. The van der Waals surface area contributed by atoms with Gasteiger partial charge in [0.25, 0.3) is 5.91 Å². The summed E-state index contributed by atoms with van der Waals surface area (Å²) in [6.45, 7) is 4.03. The molecular formula is C17H18N2OS. The van der Waals surface area contributed by atoms with E-state index < -0.39 is 0 Å². The standard InChI is InChI=1S/C17H18N2OS/c1-11-7-8-15(12(2)9-11)19(3)17(20)14-6-4-5-13(10-14)16(18)21/h4-10H,1-3H3,(H2,18,21). The molecule has 0 unspecified atom stereocenters. The van der Waals surface area contributed by atoms with E-state index >= 15 is 0 Å². The molecule has 0 radical (unpaired) electrons. The van der Waals surface area contributed by atoms with Crippen molar-refractivity contribution in [2.24, 2.45) is 5.73 Å². The third-order valence-electron chi connectivity index (χ3n) is 3.41. The van der Waals surface area contributed by atoms with Crippen LogP contribution in [0.25, 0.3) is 0 Å². The zero-order valence-electron chi connectivity index (χ0n) is 12.4. The normalized spacial score (nSPS) is 10.2. The van der Waals surface area contributed by atoms with Crippen LogP contribution < -0.4 is 10.6 Å². The van der Waals surface area contributed by atoms with Crippen LogP contribution in [0, 0.1) is 13.8 Å². The minimum Gasteiger partial charge on any atom is -0.389 e. The fourth-order valence-electron chi connectivity index (χ4n) is 2.29. The van der Waals surface area contributed by atoms with Gasteiger partial charge in [-0.05, 0) is 37.6 Å². The van der Waals surface area contributed by atoms with E-state index in [2.05, 4.69) is 6.07 Å². The van der Waals surface area contributed by atoms with Crippen LogP contribution in [-0.2, 0) is 0 Å². The molecular weight excluding hydrogens is 280 g/mol. The smallest absolute Gasteiger partial charge is 0.258 e. The Morgan fingerprint density at radius 3 is 2.38 bits per heavy atom. The maximum atomic E-state index is 12.6. The number of anilines is 1. The first kappa shape index (κ1) is 15.2. The van der Waals surface area contributed by atoms with Crippen molar-refractivity contribution < 1.29 is 4.79 Å². The predicted molar refractivity (Wildman–Crippen MR) is 91.0 cm³/mol. The van der Waals surface area contributed by atoms with Gasteiger partial charge in [0.05, 0.1) is 0 Å². The van der Waals surface area contributed by atoms with E-state index in [9.17, 15) is 4.79 Å². The van der Waals surface area contributed by atoms with Crippen LogP contribution in [0.5, 0.6) is 0 Å². The summed E-state index contributed by atoms with van der Waals surface area (Å²) in [5, 5.41) is 0. The van der Waals surface area contributed by atoms with Crippen molar-refractivity contribution in [2.75, 3.05) is 11.9 Å². The van der Waals surface area contributed by atoms with Crippen LogP contribution in [0.4, 0.5) is 5.69 Å². The first-order chi connectivity index (χ1) is 9.90. The molecule has 1 amide bonds. The second-order valence-electron chi connectivity index (χ2n) is 5.10. The number of rotatable bonds is 3. The summed E-state index contributed by atoms with van der Waals surface area (Å²) in [6.07, 6.45) is 0. The van der Waals surface area contributed by atoms with Crippen molar-refractivity contribution in [2.45, 2.75) is 13.8 Å². The number of nitrogens with zero attached hydrogens (tertiary/aromatic N) is 1. The second-order valence-corrected chi connectivity index (χ2v) is 5.54. The Balaban J connectivity index is 2.35. The van der Waals surface area contributed by atoms with Crippen molar-refractivity contribution in [3.8, 4) is 0 Å². The van der Waals surface area contributed by atoms with E-state index in [0.29, 0.717) is 16.1 Å². The zero-order chi connectivity index (χ0) is 15.6. The van der Waals surface area contributed by atoms with Crippen molar-refractivity contribution in [3.05, 3.63) is 64.7 Å². The number of nitrogens with two attached hydrogens (primary N) is 1. The lowest BCUT2D eigenvalue weighted by Crippen LogP contribution is -2.27. The minimum absolute atomic E-state index is 0.0833. The van der Waals surface area contributed by atoms with Gasteiger partial charge in [0.1, 0.15) is 4.99 Å². The average Bonchev–Trinajstić information content (AvgIpc) is 2.46. The molecule has 108 valence electrons. The largest absolute Gasteiger partial charge is 0.389 e. The van der Waals surface area contributed by atoms with E-state index in [4.69, 9.17) is 18.0 Å². The van der Waals surface area contributed by atoms with Crippen LogP contribution in [-0.4, -0.2) is 17.9 Å².